The molecule has 0 saturated heterocycles. The number of carboxylic acid groups (broad SMARTS) is 1. The molecule has 0 aliphatic rings. The minimum atomic E-state index is -1.09. The van der Waals surface area contributed by atoms with Crippen molar-refractivity contribution < 1.29 is 19.4 Å². The summed E-state index contributed by atoms with van der Waals surface area (Å²) in [6.45, 7) is 2.41. The van der Waals surface area contributed by atoms with Crippen molar-refractivity contribution in [1.29, 1.82) is 0 Å². The molecule has 1 N–H and O–H groups in total. The summed E-state index contributed by atoms with van der Waals surface area (Å²) >= 11 is 5.83. The quantitative estimate of drug-likeness (QED) is 0.852. The highest BCUT2D eigenvalue weighted by atomic mass is 35.5. The van der Waals surface area contributed by atoms with Crippen LogP contribution in [-0.2, 0) is 4.74 Å². The van der Waals surface area contributed by atoms with E-state index in [1.165, 1.54) is 6.07 Å². The van der Waals surface area contributed by atoms with Crippen LogP contribution in [0.1, 0.15) is 23.7 Å². The summed E-state index contributed by atoms with van der Waals surface area (Å²) in [7, 11) is 1.61. The predicted octanol–water partition coefficient (Wildman–Crippen LogP) is 2.84. The lowest BCUT2D eigenvalue weighted by Crippen LogP contribution is -2.16. The third-order valence-electron chi connectivity index (χ3n) is 2.25. The Morgan fingerprint density at radius 1 is 1.53 bits per heavy atom. The first-order chi connectivity index (χ1) is 8.06. The van der Waals surface area contributed by atoms with Crippen molar-refractivity contribution in [3.8, 4) is 5.75 Å². The number of carboxylic acids is 1. The number of hydrogen-bond donors (Lipinski definition) is 1. The van der Waals surface area contributed by atoms with Crippen LogP contribution in [0.3, 0.4) is 0 Å². The minimum Gasteiger partial charge on any atom is -0.490 e. The van der Waals surface area contributed by atoms with E-state index >= 15 is 0 Å². The van der Waals surface area contributed by atoms with E-state index in [9.17, 15) is 4.79 Å². The molecule has 1 aromatic rings. The van der Waals surface area contributed by atoms with Gasteiger partial charge >= 0.3 is 5.97 Å². The van der Waals surface area contributed by atoms with Crippen molar-refractivity contribution in [3.63, 3.8) is 0 Å². The molecule has 0 bridgehead atoms. The molecule has 0 aromatic heterocycles. The van der Waals surface area contributed by atoms with Crippen LogP contribution in [0, 0.1) is 0 Å². The first-order valence-corrected chi connectivity index (χ1v) is 5.61. The first-order valence-electron chi connectivity index (χ1n) is 5.23. The van der Waals surface area contributed by atoms with E-state index in [1.807, 2.05) is 6.92 Å². The Balaban J connectivity index is 2.83. The van der Waals surface area contributed by atoms with Crippen molar-refractivity contribution in [2.45, 2.75) is 19.4 Å². The molecule has 1 unspecified atom stereocenters. The van der Waals surface area contributed by atoms with Gasteiger partial charge in [-0.2, -0.15) is 0 Å². The third-order valence-corrected chi connectivity index (χ3v) is 2.56. The van der Waals surface area contributed by atoms with Crippen molar-refractivity contribution >= 4 is 17.6 Å². The molecule has 1 rings (SSSR count). The van der Waals surface area contributed by atoms with E-state index in [2.05, 4.69) is 0 Å². The highest BCUT2D eigenvalue weighted by molar-refractivity contribution is 6.33. The molecule has 1 aromatic carbocycles. The summed E-state index contributed by atoms with van der Waals surface area (Å²) < 4.78 is 10.5. The van der Waals surface area contributed by atoms with E-state index in [0.29, 0.717) is 13.0 Å². The van der Waals surface area contributed by atoms with Gasteiger partial charge in [-0.1, -0.05) is 17.7 Å². The first kappa shape index (κ1) is 13.8. The molecule has 0 radical (unpaired) electrons. The zero-order chi connectivity index (χ0) is 12.8. The smallest absolute Gasteiger partial charge is 0.341 e. The molecule has 0 saturated carbocycles. The second-order valence-corrected chi connectivity index (χ2v) is 4.04. The fourth-order valence-corrected chi connectivity index (χ4v) is 1.62. The number of benzene rings is 1. The molecule has 94 valence electrons. The van der Waals surface area contributed by atoms with Crippen molar-refractivity contribution in [2.75, 3.05) is 13.7 Å². The lowest BCUT2D eigenvalue weighted by atomic mass is 10.2. The molecule has 4 nitrogen and oxygen atoms in total. The topological polar surface area (TPSA) is 55.8 Å². The van der Waals surface area contributed by atoms with E-state index in [-0.39, 0.29) is 22.4 Å². The van der Waals surface area contributed by atoms with Gasteiger partial charge in [-0.25, -0.2) is 4.79 Å². The van der Waals surface area contributed by atoms with Crippen LogP contribution < -0.4 is 4.74 Å². The Morgan fingerprint density at radius 3 is 2.82 bits per heavy atom. The Labute approximate surface area is 105 Å². The lowest BCUT2D eigenvalue weighted by Gasteiger charge is -2.16. The predicted molar refractivity (Wildman–Crippen MR) is 65.0 cm³/mol. The van der Waals surface area contributed by atoms with Gasteiger partial charge in [0.15, 0.2) is 0 Å². The normalized spacial score (nSPS) is 12.2. The maximum atomic E-state index is 11.0. The molecule has 0 aliphatic carbocycles. The standard InChI is InChI=1S/C12H15ClO4/c1-8(6-7-16-2)17-10-5-3-4-9(13)11(10)12(14)15/h3-5,8H,6-7H2,1-2H3,(H,14,15). The summed E-state index contributed by atoms with van der Waals surface area (Å²) in [5.74, 6) is -0.807. The van der Waals surface area contributed by atoms with Crippen molar-refractivity contribution in [1.82, 2.24) is 0 Å². The molecule has 1 atom stereocenters. The fraction of sp³-hybridized carbons (Fsp3) is 0.417. The Bertz CT molecular complexity index is 392. The van der Waals surface area contributed by atoms with Crippen LogP contribution in [0.15, 0.2) is 18.2 Å². The molecule has 17 heavy (non-hydrogen) atoms. The number of methoxy groups -OCH3 is 1. The van der Waals surface area contributed by atoms with Gasteiger partial charge in [0.25, 0.3) is 0 Å². The number of aromatic carboxylic acids is 1. The highest BCUT2D eigenvalue weighted by Gasteiger charge is 2.17. The summed E-state index contributed by atoms with van der Waals surface area (Å²) in [5.41, 5.74) is -0.00145. The van der Waals surface area contributed by atoms with Gasteiger partial charge in [-0.3, -0.25) is 0 Å². The van der Waals surface area contributed by atoms with E-state index in [4.69, 9.17) is 26.2 Å². The van der Waals surface area contributed by atoms with Gasteiger partial charge in [0.2, 0.25) is 0 Å². The number of hydrogen-bond acceptors (Lipinski definition) is 3. The van der Waals surface area contributed by atoms with Crippen molar-refractivity contribution in [2.24, 2.45) is 0 Å². The molecule has 0 aliphatic heterocycles. The van der Waals surface area contributed by atoms with Crippen molar-refractivity contribution in [3.05, 3.63) is 28.8 Å². The Hall–Kier alpha value is -1.26. The second kappa shape index (κ2) is 6.47. The number of halogens is 1. The molecule has 0 amide bonds. The third kappa shape index (κ3) is 3.91. The van der Waals surface area contributed by atoms with Crippen LogP contribution in [0.2, 0.25) is 5.02 Å². The summed E-state index contributed by atoms with van der Waals surface area (Å²) in [6, 6.07) is 4.78. The Morgan fingerprint density at radius 2 is 2.24 bits per heavy atom. The molecule has 0 spiro atoms. The second-order valence-electron chi connectivity index (χ2n) is 3.63. The fourth-order valence-electron chi connectivity index (χ4n) is 1.37. The maximum absolute atomic E-state index is 11.0. The monoisotopic (exact) mass is 258 g/mol. The SMILES string of the molecule is COCCC(C)Oc1cccc(Cl)c1C(=O)O. The van der Waals surface area contributed by atoms with Gasteiger partial charge < -0.3 is 14.6 Å². The molecule has 5 heteroatoms. The van der Waals surface area contributed by atoms with Gasteiger partial charge in [-0.05, 0) is 19.1 Å². The van der Waals surface area contributed by atoms with E-state index in [1.54, 1.807) is 19.2 Å². The van der Waals surface area contributed by atoms with Crippen LogP contribution >= 0.6 is 11.6 Å². The van der Waals surface area contributed by atoms with Crippen LogP contribution in [0.25, 0.3) is 0 Å². The molecule has 0 heterocycles. The maximum Gasteiger partial charge on any atom is 0.341 e. The lowest BCUT2D eigenvalue weighted by molar-refractivity contribution is 0.0688. The van der Waals surface area contributed by atoms with Gasteiger partial charge in [0.05, 0.1) is 11.1 Å². The highest BCUT2D eigenvalue weighted by Crippen LogP contribution is 2.27. The van der Waals surface area contributed by atoms with E-state index < -0.39 is 5.97 Å². The largest absolute Gasteiger partial charge is 0.490 e. The summed E-state index contributed by atoms with van der Waals surface area (Å²) in [5, 5.41) is 9.22. The average molecular weight is 259 g/mol. The number of rotatable bonds is 6. The zero-order valence-corrected chi connectivity index (χ0v) is 10.5. The van der Waals surface area contributed by atoms with Crippen LogP contribution in [-0.4, -0.2) is 30.9 Å². The van der Waals surface area contributed by atoms with Gasteiger partial charge in [0, 0.05) is 20.1 Å². The average Bonchev–Trinajstić information content (AvgIpc) is 2.25. The van der Waals surface area contributed by atoms with Crippen LogP contribution in [0.4, 0.5) is 0 Å². The Kier molecular flexibility index (Phi) is 5.25. The number of carbonyl (C=O) groups is 1. The molecular weight excluding hydrogens is 244 g/mol. The van der Waals surface area contributed by atoms with Gasteiger partial charge in [-0.15, -0.1) is 0 Å². The molecular formula is C12H15ClO4. The van der Waals surface area contributed by atoms with Gasteiger partial charge in [0.1, 0.15) is 11.3 Å². The zero-order valence-electron chi connectivity index (χ0n) is 9.77. The molecule has 0 fully saturated rings. The summed E-state index contributed by atoms with van der Waals surface area (Å²) in [6.07, 6.45) is 0.550. The summed E-state index contributed by atoms with van der Waals surface area (Å²) in [4.78, 5) is 11.0. The van der Waals surface area contributed by atoms with E-state index in [0.717, 1.165) is 0 Å². The number of ether oxygens (including phenoxy) is 2. The minimum absolute atomic E-state index is 0.00145. The van der Waals surface area contributed by atoms with Crippen LogP contribution in [0.5, 0.6) is 5.75 Å².